The van der Waals surface area contributed by atoms with Crippen molar-refractivity contribution in [1.82, 2.24) is 5.32 Å². The minimum atomic E-state index is -0.373. The third-order valence-electron chi connectivity index (χ3n) is 4.05. The smallest absolute Gasteiger partial charge is 0.165 e. The third-order valence-corrected chi connectivity index (χ3v) is 4.05. The van der Waals surface area contributed by atoms with E-state index in [1.165, 1.54) is 13.2 Å². The number of halogens is 1. The molecule has 1 fully saturated rings. The van der Waals surface area contributed by atoms with E-state index >= 15 is 0 Å². The lowest BCUT2D eigenvalue weighted by Gasteiger charge is -2.45. The molecule has 1 aromatic rings. The van der Waals surface area contributed by atoms with Crippen molar-refractivity contribution in [2.75, 3.05) is 20.3 Å². The van der Waals surface area contributed by atoms with Gasteiger partial charge in [0.1, 0.15) is 0 Å². The molecule has 106 valence electrons. The van der Waals surface area contributed by atoms with E-state index in [1.807, 2.05) is 6.07 Å². The lowest BCUT2D eigenvalue weighted by atomic mass is 9.68. The number of rotatable bonds is 3. The van der Waals surface area contributed by atoms with Gasteiger partial charge in [0.2, 0.25) is 0 Å². The summed E-state index contributed by atoms with van der Waals surface area (Å²) in [5.41, 5.74) is 0.419. The van der Waals surface area contributed by atoms with Gasteiger partial charge in [-0.1, -0.05) is 6.07 Å². The number of nitrogens with one attached hydrogen (secondary N) is 1. The number of hydrogen-bond acceptors (Lipinski definition) is 3. The van der Waals surface area contributed by atoms with E-state index in [2.05, 4.69) is 19.2 Å². The summed E-state index contributed by atoms with van der Waals surface area (Å²) in [6.07, 6.45) is 1.58. The van der Waals surface area contributed by atoms with E-state index < -0.39 is 0 Å². The quantitative estimate of drug-likeness (QED) is 0.882. The second-order valence-corrected chi connectivity index (χ2v) is 6.03. The van der Waals surface area contributed by atoms with Crippen LogP contribution >= 0.6 is 0 Å². The number of methoxy groups -OCH3 is 1. The zero-order valence-electron chi connectivity index (χ0n) is 11.8. The highest BCUT2D eigenvalue weighted by atomic mass is 19.1. The SMILES string of the molecule is COc1ccc(C2(CO)CCNC(C)(C)C2)cc1F. The molecule has 0 bridgehead atoms. The highest BCUT2D eigenvalue weighted by Crippen LogP contribution is 2.39. The number of hydrogen-bond donors (Lipinski definition) is 2. The van der Waals surface area contributed by atoms with Crippen LogP contribution in [0.3, 0.4) is 0 Å². The van der Waals surface area contributed by atoms with Gasteiger partial charge in [0.25, 0.3) is 0 Å². The Balaban J connectivity index is 2.38. The maximum atomic E-state index is 13.9. The van der Waals surface area contributed by atoms with Crippen molar-refractivity contribution in [3.63, 3.8) is 0 Å². The van der Waals surface area contributed by atoms with Crippen LogP contribution in [0.25, 0.3) is 0 Å². The first-order valence-electron chi connectivity index (χ1n) is 6.62. The molecule has 1 aromatic carbocycles. The van der Waals surface area contributed by atoms with Crippen LogP contribution in [0.1, 0.15) is 32.3 Å². The topological polar surface area (TPSA) is 41.5 Å². The summed E-state index contributed by atoms with van der Waals surface area (Å²) in [6.45, 7) is 5.07. The molecule has 0 spiro atoms. The number of benzene rings is 1. The van der Waals surface area contributed by atoms with Crippen molar-refractivity contribution >= 4 is 0 Å². The Morgan fingerprint density at radius 2 is 2.16 bits per heavy atom. The van der Waals surface area contributed by atoms with E-state index in [9.17, 15) is 9.50 Å². The third kappa shape index (κ3) is 2.74. The van der Waals surface area contributed by atoms with Crippen LogP contribution in [-0.4, -0.2) is 30.9 Å². The molecule has 2 N–H and O–H groups in total. The molecule has 1 heterocycles. The van der Waals surface area contributed by atoms with Crippen LogP contribution in [0.2, 0.25) is 0 Å². The van der Waals surface area contributed by atoms with Gasteiger partial charge >= 0.3 is 0 Å². The molecule has 4 heteroatoms. The lowest BCUT2D eigenvalue weighted by molar-refractivity contribution is 0.112. The Morgan fingerprint density at radius 1 is 1.42 bits per heavy atom. The largest absolute Gasteiger partial charge is 0.494 e. The molecule has 0 amide bonds. The standard InChI is InChI=1S/C15H22FNO2/c1-14(2)9-15(10-18,6-7-17-14)11-4-5-13(19-3)12(16)8-11/h4-5,8,17-18H,6-7,9-10H2,1-3H3. The first kappa shape index (κ1) is 14.3. The van der Waals surface area contributed by atoms with Crippen molar-refractivity contribution in [1.29, 1.82) is 0 Å². The maximum Gasteiger partial charge on any atom is 0.165 e. The Labute approximate surface area is 113 Å². The van der Waals surface area contributed by atoms with Gasteiger partial charge in [0.05, 0.1) is 13.7 Å². The second kappa shape index (κ2) is 5.10. The fourth-order valence-corrected chi connectivity index (χ4v) is 3.11. The monoisotopic (exact) mass is 267 g/mol. The van der Waals surface area contributed by atoms with E-state index in [0.717, 1.165) is 24.9 Å². The van der Waals surface area contributed by atoms with Crippen molar-refractivity contribution in [2.24, 2.45) is 0 Å². The fraction of sp³-hybridized carbons (Fsp3) is 0.600. The minimum absolute atomic E-state index is 0.0316. The molecule has 0 saturated carbocycles. The number of piperidine rings is 1. The Bertz CT molecular complexity index is 461. The highest BCUT2D eigenvalue weighted by molar-refractivity contribution is 5.35. The van der Waals surface area contributed by atoms with Crippen LogP contribution in [0.5, 0.6) is 5.75 Å². The van der Waals surface area contributed by atoms with Crippen LogP contribution < -0.4 is 10.1 Å². The van der Waals surface area contributed by atoms with Gasteiger partial charge in [-0.2, -0.15) is 0 Å². The Kier molecular flexibility index (Phi) is 3.83. The molecule has 0 radical (unpaired) electrons. The molecule has 2 rings (SSSR count). The molecule has 0 aliphatic carbocycles. The molecule has 0 aromatic heterocycles. The van der Waals surface area contributed by atoms with E-state index in [0.29, 0.717) is 0 Å². The summed E-state index contributed by atoms with van der Waals surface area (Å²) < 4.78 is 18.8. The van der Waals surface area contributed by atoms with Crippen LogP contribution in [-0.2, 0) is 5.41 Å². The molecule has 1 atom stereocenters. The zero-order valence-corrected chi connectivity index (χ0v) is 11.8. The fourth-order valence-electron chi connectivity index (χ4n) is 3.11. The summed E-state index contributed by atoms with van der Waals surface area (Å²) in [4.78, 5) is 0. The predicted molar refractivity (Wildman–Crippen MR) is 73.0 cm³/mol. The average molecular weight is 267 g/mol. The van der Waals surface area contributed by atoms with Gasteiger partial charge in [-0.25, -0.2) is 4.39 Å². The molecule has 19 heavy (non-hydrogen) atoms. The zero-order chi connectivity index (χ0) is 14.1. The van der Waals surface area contributed by atoms with Crippen LogP contribution in [0.4, 0.5) is 4.39 Å². The molecular weight excluding hydrogens is 245 g/mol. The summed E-state index contributed by atoms with van der Waals surface area (Å²) in [5.74, 6) is -0.130. The normalized spacial score (nSPS) is 26.2. The maximum absolute atomic E-state index is 13.9. The molecule has 3 nitrogen and oxygen atoms in total. The number of aliphatic hydroxyl groups is 1. The second-order valence-electron chi connectivity index (χ2n) is 6.03. The molecular formula is C15H22FNO2. The van der Waals surface area contributed by atoms with Crippen LogP contribution in [0.15, 0.2) is 18.2 Å². The number of ether oxygens (including phenoxy) is 1. The molecule has 1 unspecified atom stereocenters. The van der Waals surface area contributed by atoms with E-state index in [4.69, 9.17) is 4.74 Å². The Hall–Kier alpha value is -1.13. The van der Waals surface area contributed by atoms with Gasteiger partial charge in [-0.15, -0.1) is 0 Å². The molecule has 1 saturated heterocycles. The summed E-state index contributed by atoms with van der Waals surface area (Å²) in [6, 6.07) is 4.99. The highest BCUT2D eigenvalue weighted by Gasteiger charge is 2.41. The van der Waals surface area contributed by atoms with Crippen molar-refractivity contribution < 1.29 is 14.2 Å². The van der Waals surface area contributed by atoms with Gasteiger partial charge in [0.15, 0.2) is 11.6 Å². The summed E-state index contributed by atoms with van der Waals surface area (Å²) in [5, 5.41) is 13.3. The summed E-state index contributed by atoms with van der Waals surface area (Å²) in [7, 11) is 1.45. The van der Waals surface area contributed by atoms with Crippen molar-refractivity contribution in [2.45, 2.75) is 37.6 Å². The first-order chi connectivity index (χ1) is 8.92. The van der Waals surface area contributed by atoms with Crippen molar-refractivity contribution in [3.8, 4) is 5.75 Å². The molecule has 1 aliphatic rings. The minimum Gasteiger partial charge on any atom is -0.494 e. The first-order valence-corrected chi connectivity index (χ1v) is 6.62. The molecule has 1 aliphatic heterocycles. The Morgan fingerprint density at radius 3 is 2.68 bits per heavy atom. The predicted octanol–water partition coefficient (Wildman–Crippen LogP) is 2.23. The number of aliphatic hydroxyl groups excluding tert-OH is 1. The van der Waals surface area contributed by atoms with E-state index in [-0.39, 0.29) is 29.1 Å². The van der Waals surface area contributed by atoms with Gasteiger partial charge in [-0.05, 0) is 50.9 Å². The average Bonchev–Trinajstić information content (AvgIpc) is 2.37. The van der Waals surface area contributed by atoms with Crippen molar-refractivity contribution in [3.05, 3.63) is 29.6 Å². The van der Waals surface area contributed by atoms with Crippen LogP contribution in [0, 0.1) is 5.82 Å². The van der Waals surface area contributed by atoms with E-state index in [1.54, 1.807) is 6.07 Å². The van der Waals surface area contributed by atoms with Gasteiger partial charge in [0, 0.05) is 11.0 Å². The van der Waals surface area contributed by atoms with Gasteiger partial charge in [-0.3, -0.25) is 0 Å². The summed E-state index contributed by atoms with van der Waals surface area (Å²) >= 11 is 0. The van der Waals surface area contributed by atoms with Gasteiger partial charge < -0.3 is 15.2 Å². The lowest BCUT2D eigenvalue weighted by Crippen LogP contribution is -2.54.